The van der Waals surface area contributed by atoms with Crippen LogP contribution in [-0.2, 0) is 0 Å². The van der Waals surface area contributed by atoms with Gasteiger partial charge in [-0.25, -0.2) is 15.0 Å². The van der Waals surface area contributed by atoms with Crippen LogP contribution in [0.1, 0.15) is 0 Å². The molecule has 0 aliphatic heterocycles. The third-order valence-electron chi connectivity index (χ3n) is 10.8. The molecular weight excluding hydrogens is 669 g/mol. The molecule has 55 heavy (non-hydrogen) atoms. The first kappa shape index (κ1) is 31.1. The van der Waals surface area contributed by atoms with Crippen LogP contribution in [0.2, 0.25) is 0 Å². The van der Waals surface area contributed by atoms with Crippen molar-refractivity contribution in [1.82, 2.24) is 19.5 Å². The molecule has 3 aromatic heterocycles. The zero-order valence-electron chi connectivity index (χ0n) is 29.8. The van der Waals surface area contributed by atoms with Gasteiger partial charge in [-0.15, -0.1) is 0 Å². The molecule has 0 spiro atoms. The van der Waals surface area contributed by atoms with Crippen LogP contribution in [0.15, 0.2) is 194 Å². The van der Waals surface area contributed by atoms with E-state index in [-0.39, 0.29) is 0 Å². The largest absolute Gasteiger partial charge is 0.308 e. The first-order valence-electron chi connectivity index (χ1n) is 18.6. The van der Waals surface area contributed by atoms with E-state index in [4.69, 9.17) is 15.0 Å². The van der Waals surface area contributed by atoms with E-state index >= 15 is 0 Å². The Morgan fingerprint density at radius 1 is 0.382 bits per heavy atom. The van der Waals surface area contributed by atoms with E-state index in [9.17, 15) is 0 Å². The van der Waals surface area contributed by atoms with Crippen molar-refractivity contribution < 1.29 is 0 Å². The number of pyridine rings is 1. The summed E-state index contributed by atoms with van der Waals surface area (Å²) in [5, 5.41) is 8.31. The molecule has 4 nitrogen and oxygen atoms in total. The second kappa shape index (κ2) is 12.6. The fourth-order valence-corrected chi connectivity index (χ4v) is 8.25. The minimum Gasteiger partial charge on any atom is -0.308 e. The van der Waals surface area contributed by atoms with Gasteiger partial charge in [-0.2, -0.15) is 0 Å². The predicted octanol–water partition coefficient (Wildman–Crippen LogP) is 13.1. The Morgan fingerprint density at radius 2 is 0.945 bits per heavy atom. The molecule has 0 bridgehead atoms. The van der Waals surface area contributed by atoms with Crippen molar-refractivity contribution in [2.75, 3.05) is 0 Å². The number of benzene rings is 8. The van der Waals surface area contributed by atoms with Gasteiger partial charge >= 0.3 is 0 Å². The molecule has 8 aromatic carbocycles. The molecule has 0 N–H and O–H groups in total. The van der Waals surface area contributed by atoms with E-state index in [1.807, 2.05) is 36.4 Å². The van der Waals surface area contributed by atoms with Crippen molar-refractivity contribution >= 4 is 54.3 Å². The van der Waals surface area contributed by atoms with Crippen molar-refractivity contribution in [3.8, 4) is 50.8 Å². The molecule has 0 radical (unpaired) electrons. The SMILES string of the molecule is c1ccc(-c2cc(-c3ccc(-n4c5ccccc5c5c(-c6cc7ccccc7c7ccccc67)nc6ccccc6c54)cc3)nc(-c3ccccc3)n2)cc1. The number of hydrogen-bond donors (Lipinski definition) is 0. The van der Waals surface area contributed by atoms with Crippen LogP contribution in [0.3, 0.4) is 0 Å². The highest BCUT2D eigenvalue weighted by Gasteiger charge is 2.22. The van der Waals surface area contributed by atoms with Gasteiger partial charge in [-0.05, 0) is 57.9 Å². The number of aromatic nitrogens is 4. The van der Waals surface area contributed by atoms with Gasteiger partial charge in [-0.1, -0.05) is 158 Å². The zero-order valence-corrected chi connectivity index (χ0v) is 29.8. The zero-order chi connectivity index (χ0) is 36.3. The number of fused-ring (bicyclic) bond motifs is 8. The molecule has 0 fully saturated rings. The molecule has 0 aliphatic carbocycles. The maximum Gasteiger partial charge on any atom is 0.160 e. The number of para-hydroxylation sites is 2. The third-order valence-corrected chi connectivity index (χ3v) is 10.8. The average Bonchev–Trinajstić information content (AvgIpc) is 3.62. The lowest BCUT2D eigenvalue weighted by Gasteiger charge is -2.15. The molecule has 256 valence electrons. The Bertz CT molecular complexity index is 3180. The van der Waals surface area contributed by atoms with Gasteiger partial charge in [0, 0.05) is 44.1 Å². The van der Waals surface area contributed by atoms with E-state index in [2.05, 4.69) is 162 Å². The summed E-state index contributed by atoms with van der Waals surface area (Å²) in [6.45, 7) is 0. The van der Waals surface area contributed by atoms with E-state index in [1.54, 1.807) is 0 Å². The molecule has 3 heterocycles. The lowest BCUT2D eigenvalue weighted by Crippen LogP contribution is -1.98. The Morgan fingerprint density at radius 3 is 1.69 bits per heavy atom. The van der Waals surface area contributed by atoms with Gasteiger partial charge in [0.2, 0.25) is 0 Å². The monoisotopic (exact) mass is 700 g/mol. The van der Waals surface area contributed by atoms with Crippen molar-refractivity contribution in [2.45, 2.75) is 0 Å². The van der Waals surface area contributed by atoms with Crippen LogP contribution in [0.5, 0.6) is 0 Å². The Kier molecular flexibility index (Phi) is 7.14. The molecule has 0 unspecified atom stereocenters. The van der Waals surface area contributed by atoms with Crippen LogP contribution < -0.4 is 0 Å². The van der Waals surface area contributed by atoms with Crippen LogP contribution >= 0.6 is 0 Å². The number of nitrogens with zero attached hydrogens (tertiary/aromatic N) is 4. The highest BCUT2D eigenvalue weighted by molar-refractivity contribution is 6.25. The Balaban J connectivity index is 1.15. The van der Waals surface area contributed by atoms with Crippen molar-refractivity contribution in [3.63, 3.8) is 0 Å². The molecule has 11 aromatic rings. The second-order valence-electron chi connectivity index (χ2n) is 14.0. The topological polar surface area (TPSA) is 43.6 Å². The average molecular weight is 701 g/mol. The minimum absolute atomic E-state index is 0.705. The molecule has 4 heteroatoms. The standard InChI is InChI=1S/C51H32N4/c1-3-15-33(16-4-1)45-32-46(54-51(53-45)35-17-5-2-6-18-35)34-27-29-37(30-28-34)55-47-26-14-12-24-42(47)48-49(52-44-25-13-11-23-41(44)50(48)55)43-31-36-19-7-8-20-38(36)39-21-9-10-22-40(39)43/h1-32H. The quantitative estimate of drug-likeness (QED) is 0.168. The summed E-state index contributed by atoms with van der Waals surface area (Å²) in [6, 6.07) is 68.4. The fraction of sp³-hybridized carbons (Fsp3) is 0. The van der Waals surface area contributed by atoms with Gasteiger partial charge in [0.25, 0.3) is 0 Å². The Hall–Kier alpha value is -7.43. The minimum atomic E-state index is 0.705. The summed E-state index contributed by atoms with van der Waals surface area (Å²) in [5.41, 5.74) is 11.3. The summed E-state index contributed by atoms with van der Waals surface area (Å²) >= 11 is 0. The van der Waals surface area contributed by atoms with Crippen molar-refractivity contribution in [3.05, 3.63) is 194 Å². The lowest BCUT2D eigenvalue weighted by atomic mass is 9.93. The normalized spacial score (nSPS) is 11.6. The van der Waals surface area contributed by atoms with E-state index in [0.717, 1.165) is 72.3 Å². The summed E-state index contributed by atoms with van der Waals surface area (Å²) in [5.74, 6) is 0.705. The highest BCUT2D eigenvalue weighted by atomic mass is 15.0. The molecule has 11 rings (SSSR count). The maximum absolute atomic E-state index is 5.48. The fourth-order valence-electron chi connectivity index (χ4n) is 8.25. The van der Waals surface area contributed by atoms with E-state index < -0.39 is 0 Å². The smallest absolute Gasteiger partial charge is 0.160 e. The van der Waals surface area contributed by atoms with Crippen LogP contribution in [0.4, 0.5) is 0 Å². The number of rotatable bonds is 5. The van der Waals surface area contributed by atoms with Gasteiger partial charge < -0.3 is 4.57 Å². The molecule has 0 saturated heterocycles. The van der Waals surface area contributed by atoms with Gasteiger partial charge in [0.05, 0.1) is 33.6 Å². The van der Waals surface area contributed by atoms with Crippen LogP contribution in [-0.4, -0.2) is 19.5 Å². The third kappa shape index (κ3) is 5.11. The first-order valence-corrected chi connectivity index (χ1v) is 18.6. The molecule has 0 aliphatic rings. The Labute approximate surface area is 317 Å². The summed E-state index contributed by atoms with van der Waals surface area (Å²) in [7, 11) is 0. The highest BCUT2D eigenvalue weighted by Crippen LogP contribution is 2.44. The van der Waals surface area contributed by atoms with Gasteiger partial charge in [0.1, 0.15) is 0 Å². The van der Waals surface area contributed by atoms with Crippen molar-refractivity contribution in [2.24, 2.45) is 0 Å². The molecule has 0 atom stereocenters. The van der Waals surface area contributed by atoms with Crippen molar-refractivity contribution in [1.29, 1.82) is 0 Å². The van der Waals surface area contributed by atoms with Crippen LogP contribution in [0.25, 0.3) is 105 Å². The first-order chi connectivity index (χ1) is 27.3. The molecular formula is C51H32N4. The molecule has 0 saturated carbocycles. The second-order valence-corrected chi connectivity index (χ2v) is 14.0. The lowest BCUT2D eigenvalue weighted by molar-refractivity contribution is 1.17. The van der Waals surface area contributed by atoms with E-state index in [0.29, 0.717) is 5.82 Å². The summed E-state index contributed by atoms with van der Waals surface area (Å²) < 4.78 is 2.41. The van der Waals surface area contributed by atoms with Gasteiger partial charge in [0.15, 0.2) is 5.82 Å². The summed E-state index contributed by atoms with van der Waals surface area (Å²) in [4.78, 5) is 15.6. The molecule has 0 amide bonds. The van der Waals surface area contributed by atoms with E-state index in [1.165, 1.54) is 26.9 Å². The van der Waals surface area contributed by atoms with Crippen LogP contribution in [0, 0.1) is 0 Å². The van der Waals surface area contributed by atoms with Gasteiger partial charge in [-0.3, -0.25) is 0 Å². The number of hydrogen-bond acceptors (Lipinski definition) is 3. The predicted molar refractivity (Wildman–Crippen MR) is 228 cm³/mol. The maximum atomic E-state index is 5.48. The summed E-state index contributed by atoms with van der Waals surface area (Å²) in [6.07, 6.45) is 0.